The summed E-state index contributed by atoms with van der Waals surface area (Å²) in [5.74, 6) is 0.719. The fourth-order valence-electron chi connectivity index (χ4n) is 1.50. The van der Waals surface area contributed by atoms with Gasteiger partial charge >= 0.3 is 5.97 Å². The van der Waals surface area contributed by atoms with Crippen molar-refractivity contribution in [1.82, 2.24) is 0 Å². The zero-order valence-electron chi connectivity index (χ0n) is 11.6. The second kappa shape index (κ2) is 8.37. The molecule has 1 aromatic carbocycles. The Kier molecular flexibility index (Phi) is 6.74. The zero-order valence-corrected chi connectivity index (χ0v) is 11.6. The summed E-state index contributed by atoms with van der Waals surface area (Å²) in [5, 5.41) is 0. The van der Waals surface area contributed by atoms with Crippen molar-refractivity contribution in [3.05, 3.63) is 23.8 Å². The number of hydrogen-bond acceptors (Lipinski definition) is 5. The molecule has 0 aromatic heterocycles. The molecule has 0 aliphatic rings. The Balaban J connectivity index is 2.63. The van der Waals surface area contributed by atoms with Crippen LogP contribution in [0.15, 0.2) is 18.2 Å². The number of methoxy groups -OCH3 is 2. The zero-order chi connectivity index (χ0) is 14.1. The number of carbonyl (C=O) groups excluding carboxylic acids is 1. The quantitative estimate of drug-likeness (QED) is 0.535. The molecule has 5 heteroatoms. The number of hydrogen-bond donors (Lipinski definition) is 0. The van der Waals surface area contributed by atoms with Gasteiger partial charge in [0.25, 0.3) is 0 Å². The van der Waals surface area contributed by atoms with Crippen molar-refractivity contribution in [2.45, 2.75) is 13.3 Å². The maximum absolute atomic E-state index is 11.5. The third-order valence-electron chi connectivity index (χ3n) is 2.44. The van der Waals surface area contributed by atoms with Crippen LogP contribution in [-0.4, -0.2) is 40.0 Å². The molecule has 1 rings (SSSR count). The van der Waals surface area contributed by atoms with E-state index in [4.69, 9.17) is 14.2 Å². The predicted molar refractivity (Wildman–Crippen MR) is 70.9 cm³/mol. The van der Waals surface area contributed by atoms with E-state index in [-0.39, 0.29) is 0 Å². The molecule has 0 amide bonds. The highest BCUT2D eigenvalue weighted by molar-refractivity contribution is 5.90. The first-order chi connectivity index (χ1) is 9.21. The first kappa shape index (κ1) is 15.3. The summed E-state index contributed by atoms with van der Waals surface area (Å²) in [6.45, 7) is 3.83. The molecular weight excluding hydrogens is 248 g/mol. The maximum Gasteiger partial charge on any atom is 0.338 e. The summed E-state index contributed by atoms with van der Waals surface area (Å²) >= 11 is 0. The summed E-state index contributed by atoms with van der Waals surface area (Å²) in [6, 6.07) is 4.97. The highest BCUT2D eigenvalue weighted by Gasteiger charge is 2.10. The van der Waals surface area contributed by atoms with E-state index in [2.05, 4.69) is 4.74 Å². The van der Waals surface area contributed by atoms with Gasteiger partial charge in [-0.05, 0) is 19.1 Å². The summed E-state index contributed by atoms with van der Waals surface area (Å²) in [5.41, 5.74) is 0.404. The highest BCUT2D eigenvalue weighted by Crippen LogP contribution is 2.23. The third kappa shape index (κ3) is 5.18. The van der Waals surface area contributed by atoms with Gasteiger partial charge in [-0.25, -0.2) is 4.79 Å². The number of rotatable bonds is 8. The molecule has 0 atom stereocenters. The Hall–Kier alpha value is -1.75. The van der Waals surface area contributed by atoms with Gasteiger partial charge in [0.1, 0.15) is 11.5 Å². The van der Waals surface area contributed by atoms with E-state index in [1.54, 1.807) is 18.2 Å². The van der Waals surface area contributed by atoms with Gasteiger partial charge in [-0.15, -0.1) is 0 Å². The normalized spacial score (nSPS) is 10.1. The average molecular weight is 268 g/mol. The number of carbonyl (C=O) groups is 1. The van der Waals surface area contributed by atoms with Gasteiger partial charge < -0.3 is 18.9 Å². The lowest BCUT2D eigenvalue weighted by molar-refractivity contribution is 0.0599. The van der Waals surface area contributed by atoms with Crippen LogP contribution in [0, 0.1) is 0 Å². The van der Waals surface area contributed by atoms with E-state index >= 15 is 0 Å². The van der Waals surface area contributed by atoms with Gasteiger partial charge in [0.15, 0.2) is 0 Å². The van der Waals surface area contributed by atoms with Crippen LogP contribution in [0.25, 0.3) is 0 Å². The topological polar surface area (TPSA) is 54.0 Å². The Morgan fingerprint density at radius 2 is 1.84 bits per heavy atom. The van der Waals surface area contributed by atoms with Crippen molar-refractivity contribution in [3.63, 3.8) is 0 Å². The fourth-order valence-corrected chi connectivity index (χ4v) is 1.50. The molecule has 106 valence electrons. The molecular formula is C14H20O5. The molecule has 0 aliphatic heterocycles. The smallest absolute Gasteiger partial charge is 0.338 e. The number of ether oxygens (including phenoxy) is 4. The van der Waals surface area contributed by atoms with Gasteiger partial charge in [-0.3, -0.25) is 0 Å². The van der Waals surface area contributed by atoms with E-state index in [1.807, 2.05) is 6.92 Å². The highest BCUT2D eigenvalue weighted by atomic mass is 16.5. The van der Waals surface area contributed by atoms with Crippen molar-refractivity contribution in [1.29, 1.82) is 0 Å². The first-order valence-electron chi connectivity index (χ1n) is 6.19. The fraction of sp³-hybridized carbons (Fsp3) is 0.500. The van der Waals surface area contributed by atoms with E-state index in [1.165, 1.54) is 14.2 Å². The summed E-state index contributed by atoms with van der Waals surface area (Å²) < 4.78 is 20.6. The van der Waals surface area contributed by atoms with Crippen molar-refractivity contribution >= 4 is 5.97 Å². The monoisotopic (exact) mass is 268 g/mol. The lowest BCUT2D eigenvalue weighted by atomic mass is 10.2. The van der Waals surface area contributed by atoms with Gasteiger partial charge in [0, 0.05) is 25.7 Å². The van der Waals surface area contributed by atoms with Crippen molar-refractivity contribution in [3.8, 4) is 11.5 Å². The lowest BCUT2D eigenvalue weighted by Crippen LogP contribution is -2.05. The van der Waals surface area contributed by atoms with Crippen LogP contribution in [0.2, 0.25) is 0 Å². The van der Waals surface area contributed by atoms with E-state index in [0.29, 0.717) is 36.9 Å². The largest absolute Gasteiger partial charge is 0.497 e. The van der Waals surface area contributed by atoms with Crippen LogP contribution in [0.4, 0.5) is 0 Å². The van der Waals surface area contributed by atoms with Gasteiger partial charge in [-0.2, -0.15) is 0 Å². The molecule has 0 saturated heterocycles. The summed E-state index contributed by atoms with van der Waals surface area (Å²) in [6.07, 6.45) is 0.790. The molecule has 0 spiro atoms. The minimum Gasteiger partial charge on any atom is -0.497 e. The molecule has 0 aliphatic carbocycles. The molecule has 0 heterocycles. The predicted octanol–water partition coefficient (Wildman–Crippen LogP) is 2.29. The molecule has 0 radical (unpaired) electrons. The van der Waals surface area contributed by atoms with Crippen molar-refractivity contribution in [2.75, 3.05) is 34.0 Å². The molecule has 1 aromatic rings. The SMILES string of the molecule is CCOCCCOc1cc(OC)cc(C(=O)OC)c1. The van der Waals surface area contributed by atoms with Gasteiger partial charge in [0.05, 0.1) is 26.4 Å². The Bertz CT molecular complexity index is 403. The Morgan fingerprint density at radius 1 is 1.11 bits per heavy atom. The van der Waals surface area contributed by atoms with Gasteiger partial charge in [0.2, 0.25) is 0 Å². The average Bonchev–Trinajstić information content (AvgIpc) is 2.45. The van der Waals surface area contributed by atoms with Gasteiger partial charge in [-0.1, -0.05) is 0 Å². The molecule has 0 N–H and O–H groups in total. The van der Waals surface area contributed by atoms with E-state index < -0.39 is 5.97 Å². The number of esters is 1. The van der Waals surface area contributed by atoms with Crippen LogP contribution < -0.4 is 9.47 Å². The molecule has 0 saturated carbocycles. The van der Waals surface area contributed by atoms with Crippen LogP contribution in [0.5, 0.6) is 11.5 Å². The van der Waals surface area contributed by atoms with E-state index in [0.717, 1.165) is 6.42 Å². The minimum absolute atomic E-state index is 0.404. The molecule has 0 fully saturated rings. The minimum atomic E-state index is -0.418. The van der Waals surface area contributed by atoms with Crippen LogP contribution >= 0.6 is 0 Å². The molecule has 5 nitrogen and oxygen atoms in total. The lowest BCUT2D eigenvalue weighted by Gasteiger charge is -2.10. The molecule has 0 unspecified atom stereocenters. The van der Waals surface area contributed by atoms with Crippen molar-refractivity contribution < 1.29 is 23.7 Å². The second-order valence-electron chi connectivity index (χ2n) is 3.79. The van der Waals surface area contributed by atoms with Crippen LogP contribution in [0.1, 0.15) is 23.7 Å². The Labute approximate surface area is 113 Å². The summed E-state index contributed by atoms with van der Waals surface area (Å²) in [4.78, 5) is 11.5. The molecule has 19 heavy (non-hydrogen) atoms. The van der Waals surface area contributed by atoms with Crippen molar-refractivity contribution in [2.24, 2.45) is 0 Å². The van der Waals surface area contributed by atoms with Crippen LogP contribution in [-0.2, 0) is 9.47 Å². The maximum atomic E-state index is 11.5. The molecule has 0 bridgehead atoms. The standard InChI is InChI=1S/C14H20O5/c1-4-18-6-5-7-19-13-9-11(14(15)17-3)8-12(10-13)16-2/h8-10H,4-7H2,1-3H3. The third-order valence-corrected chi connectivity index (χ3v) is 2.44. The summed E-state index contributed by atoms with van der Waals surface area (Å²) in [7, 11) is 2.87. The van der Waals surface area contributed by atoms with Crippen LogP contribution in [0.3, 0.4) is 0 Å². The second-order valence-corrected chi connectivity index (χ2v) is 3.79. The first-order valence-corrected chi connectivity index (χ1v) is 6.19. The van der Waals surface area contributed by atoms with E-state index in [9.17, 15) is 4.79 Å². The number of benzene rings is 1. The Morgan fingerprint density at radius 3 is 2.47 bits per heavy atom.